The zero-order valence-electron chi connectivity index (χ0n) is 10.9. The minimum atomic E-state index is -0.137. The summed E-state index contributed by atoms with van der Waals surface area (Å²) in [7, 11) is 0. The van der Waals surface area contributed by atoms with Crippen LogP contribution in [0.5, 0.6) is 0 Å². The van der Waals surface area contributed by atoms with E-state index in [4.69, 9.17) is 4.74 Å². The van der Waals surface area contributed by atoms with Crippen LogP contribution in [-0.4, -0.2) is 24.8 Å². The molecule has 0 unspecified atom stereocenters. The van der Waals surface area contributed by atoms with Crippen molar-refractivity contribution in [1.82, 2.24) is 5.32 Å². The Bertz CT molecular complexity index is 399. The molecule has 2 atom stereocenters. The average molecular weight is 268 g/mol. The van der Waals surface area contributed by atoms with Gasteiger partial charge < -0.3 is 10.1 Å². The van der Waals surface area contributed by atoms with Crippen molar-refractivity contribution in [2.75, 3.05) is 11.9 Å². The molecule has 5 heteroatoms. The maximum Gasteiger partial charge on any atom is 0.320 e. The topological polar surface area (TPSA) is 50.4 Å². The third-order valence-corrected chi connectivity index (χ3v) is 3.91. The second kappa shape index (κ2) is 6.20. The number of aryl methyl sites for hydroxylation is 1. The van der Waals surface area contributed by atoms with E-state index in [1.54, 1.807) is 11.3 Å². The predicted molar refractivity (Wildman–Crippen MR) is 74.3 cm³/mol. The van der Waals surface area contributed by atoms with Crippen LogP contribution < -0.4 is 10.6 Å². The zero-order valence-corrected chi connectivity index (χ0v) is 11.7. The lowest BCUT2D eigenvalue weighted by atomic mass is 10.1. The highest BCUT2D eigenvalue weighted by Crippen LogP contribution is 2.20. The summed E-state index contributed by atoms with van der Waals surface area (Å²) >= 11 is 1.58. The van der Waals surface area contributed by atoms with E-state index in [-0.39, 0.29) is 12.1 Å². The van der Waals surface area contributed by atoms with Gasteiger partial charge >= 0.3 is 6.03 Å². The molecule has 1 aromatic heterocycles. The number of amides is 2. The third kappa shape index (κ3) is 3.99. The molecule has 1 aromatic rings. The number of anilines is 1. The van der Waals surface area contributed by atoms with E-state index in [0.717, 1.165) is 30.9 Å². The SMILES string of the molecule is Cc1ccc(NC(=O)N[C@H](C)C[C@H]2CCCO2)s1. The van der Waals surface area contributed by atoms with E-state index in [0.29, 0.717) is 6.10 Å². The van der Waals surface area contributed by atoms with Crippen LogP contribution in [0.4, 0.5) is 9.80 Å². The van der Waals surface area contributed by atoms with Gasteiger partial charge in [0.2, 0.25) is 0 Å². The molecule has 1 aliphatic rings. The zero-order chi connectivity index (χ0) is 13.0. The lowest BCUT2D eigenvalue weighted by molar-refractivity contribution is 0.0973. The first-order valence-electron chi connectivity index (χ1n) is 6.39. The Morgan fingerprint density at radius 2 is 2.44 bits per heavy atom. The third-order valence-electron chi connectivity index (χ3n) is 3.00. The fourth-order valence-electron chi connectivity index (χ4n) is 2.16. The van der Waals surface area contributed by atoms with Crippen molar-refractivity contribution in [3.8, 4) is 0 Å². The van der Waals surface area contributed by atoms with Gasteiger partial charge in [-0.3, -0.25) is 5.32 Å². The number of thiophene rings is 1. The molecular formula is C13H20N2O2S. The van der Waals surface area contributed by atoms with Crippen LogP contribution in [0.1, 0.15) is 31.1 Å². The number of carbonyl (C=O) groups is 1. The van der Waals surface area contributed by atoms with Crippen molar-refractivity contribution in [3.63, 3.8) is 0 Å². The highest BCUT2D eigenvalue weighted by molar-refractivity contribution is 7.16. The molecule has 0 saturated carbocycles. The van der Waals surface area contributed by atoms with Gasteiger partial charge in [0, 0.05) is 17.5 Å². The van der Waals surface area contributed by atoms with Crippen molar-refractivity contribution >= 4 is 22.4 Å². The van der Waals surface area contributed by atoms with Gasteiger partial charge in [-0.15, -0.1) is 11.3 Å². The van der Waals surface area contributed by atoms with E-state index >= 15 is 0 Å². The quantitative estimate of drug-likeness (QED) is 0.881. The molecule has 1 aliphatic heterocycles. The average Bonchev–Trinajstić information content (AvgIpc) is 2.90. The van der Waals surface area contributed by atoms with Crippen molar-refractivity contribution < 1.29 is 9.53 Å². The Hall–Kier alpha value is -1.07. The molecule has 18 heavy (non-hydrogen) atoms. The summed E-state index contributed by atoms with van der Waals surface area (Å²) in [6, 6.07) is 3.91. The number of hydrogen-bond acceptors (Lipinski definition) is 3. The molecule has 0 radical (unpaired) electrons. The molecule has 2 N–H and O–H groups in total. The van der Waals surface area contributed by atoms with E-state index < -0.39 is 0 Å². The molecule has 2 amide bonds. The molecule has 1 saturated heterocycles. The minimum absolute atomic E-state index is 0.133. The van der Waals surface area contributed by atoms with Gasteiger partial charge in [0.25, 0.3) is 0 Å². The van der Waals surface area contributed by atoms with Crippen molar-refractivity contribution in [3.05, 3.63) is 17.0 Å². The standard InChI is InChI=1S/C13H20N2O2S/c1-9(8-11-4-3-7-17-11)14-13(16)15-12-6-5-10(2)18-12/h5-6,9,11H,3-4,7-8H2,1-2H3,(H2,14,15,16)/t9-,11-/m1/s1. The van der Waals surface area contributed by atoms with E-state index in [2.05, 4.69) is 10.6 Å². The van der Waals surface area contributed by atoms with E-state index in [1.165, 1.54) is 4.88 Å². The van der Waals surface area contributed by atoms with Crippen LogP contribution in [0.2, 0.25) is 0 Å². The summed E-state index contributed by atoms with van der Waals surface area (Å²) in [6.45, 7) is 4.90. The van der Waals surface area contributed by atoms with Crippen LogP contribution in [0.25, 0.3) is 0 Å². The van der Waals surface area contributed by atoms with Gasteiger partial charge in [-0.2, -0.15) is 0 Å². The lowest BCUT2D eigenvalue weighted by Gasteiger charge is -2.17. The number of rotatable bonds is 4. The van der Waals surface area contributed by atoms with Crippen molar-refractivity contribution in [2.45, 2.75) is 45.3 Å². The highest BCUT2D eigenvalue weighted by atomic mass is 32.1. The summed E-state index contributed by atoms with van der Waals surface area (Å²) in [5, 5.41) is 6.67. The number of hydrogen-bond donors (Lipinski definition) is 2. The van der Waals surface area contributed by atoms with E-state index in [1.807, 2.05) is 26.0 Å². The Labute approximate surface area is 112 Å². The molecule has 2 heterocycles. The number of carbonyl (C=O) groups excluding carboxylic acids is 1. The molecule has 0 aliphatic carbocycles. The summed E-state index contributed by atoms with van der Waals surface area (Å²) in [6.07, 6.45) is 3.44. The molecule has 0 spiro atoms. The number of urea groups is 1. The Kier molecular flexibility index (Phi) is 4.60. The van der Waals surface area contributed by atoms with Crippen LogP contribution in [-0.2, 0) is 4.74 Å². The Morgan fingerprint density at radius 3 is 3.06 bits per heavy atom. The Morgan fingerprint density at radius 1 is 1.61 bits per heavy atom. The highest BCUT2D eigenvalue weighted by Gasteiger charge is 2.19. The van der Waals surface area contributed by atoms with Gasteiger partial charge in [0.1, 0.15) is 0 Å². The van der Waals surface area contributed by atoms with Gasteiger partial charge in [-0.25, -0.2) is 4.79 Å². The smallest absolute Gasteiger partial charge is 0.320 e. The fraction of sp³-hybridized carbons (Fsp3) is 0.615. The second-order valence-electron chi connectivity index (χ2n) is 4.78. The summed E-state index contributed by atoms with van der Waals surface area (Å²) in [5.41, 5.74) is 0. The maximum absolute atomic E-state index is 11.7. The molecule has 4 nitrogen and oxygen atoms in total. The first kappa shape index (κ1) is 13.4. The van der Waals surface area contributed by atoms with Gasteiger partial charge in [0.15, 0.2) is 0 Å². The molecule has 0 aromatic carbocycles. The fourth-order valence-corrected chi connectivity index (χ4v) is 2.92. The summed E-state index contributed by atoms with van der Waals surface area (Å²) in [4.78, 5) is 12.9. The van der Waals surface area contributed by atoms with E-state index in [9.17, 15) is 4.79 Å². The molecule has 1 fully saturated rings. The van der Waals surface area contributed by atoms with Crippen molar-refractivity contribution in [1.29, 1.82) is 0 Å². The molecule has 100 valence electrons. The molecular weight excluding hydrogens is 248 g/mol. The van der Waals surface area contributed by atoms with Crippen molar-refractivity contribution in [2.24, 2.45) is 0 Å². The van der Waals surface area contributed by atoms with Crippen LogP contribution >= 0.6 is 11.3 Å². The monoisotopic (exact) mass is 268 g/mol. The Balaban J connectivity index is 1.72. The molecule has 0 bridgehead atoms. The molecule has 2 rings (SSSR count). The minimum Gasteiger partial charge on any atom is -0.378 e. The first-order chi connectivity index (χ1) is 8.63. The van der Waals surface area contributed by atoms with Crippen LogP contribution in [0, 0.1) is 6.92 Å². The predicted octanol–water partition coefficient (Wildman–Crippen LogP) is 3.14. The van der Waals surface area contributed by atoms with Gasteiger partial charge in [-0.1, -0.05) is 0 Å². The van der Waals surface area contributed by atoms with Gasteiger partial charge in [0.05, 0.1) is 11.1 Å². The van der Waals surface area contributed by atoms with Gasteiger partial charge in [-0.05, 0) is 45.2 Å². The summed E-state index contributed by atoms with van der Waals surface area (Å²) in [5.74, 6) is 0. The second-order valence-corrected chi connectivity index (χ2v) is 6.07. The maximum atomic E-state index is 11.7. The summed E-state index contributed by atoms with van der Waals surface area (Å²) < 4.78 is 5.56. The lowest BCUT2D eigenvalue weighted by Crippen LogP contribution is -2.37. The number of ether oxygens (including phenoxy) is 1. The van der Waals surface area contributed by atoms with Crippen LogP contribution in [0.15, 0.2) is 12.1 Å². The number of nitrogens with one attached hydrogen (secondary N) is 2. The first-order valence-corrected chi connectivity index (χ1v) is 7.20. The largest absolute Gasteiger partial charge is 0.378 e. The normalized spacial score (nSPS) is 20.7. The van der Waals surface area contributed by atoms with Crippen LogP contribution in [0.3, 0.4) is 0 Å².